The van der Waals surface area contributed by atoms with Crippen LogP contribution in [0.1, 0.15) is 22.8 Å². The van der Waals surface area contributed by atoms with Crippen molar-refractivity contribution < 1.29 is 14.3 Å². The minimum absolute atomic E-state index is 0.0861. The molecule has 24 heavy (non-hydrogen) atoms. The first-order valence-electron chi connectivity index (χ1n) is 7.25. The molecule has 0 fully saturated rings. The summed E-state index contributed by atoms with van der Waals surface area (Å²) in [6.45, 7) is 2.57. The summed E-state index contributed by atoms with van der Waals surface area (Å²) in [7, 11) is 0. The molecule has 0 heterocycles. The Bertz CT molecular complexity index is 752. The Morgan fingerprint density at radius 1 is 1.21 bits per heavy atom. The molecule has 0 saturated carbocycles. The van der Waals surface area contributed by atoms with Crippen LogP contribution >= 0.6 is 23.8 Å². The summed E-state index contributed by atoms with van der Waals surface area (Å²) in [5, 5.41) is 2.91. The number of nitrogens with two attached hydrogens (primary N) is 1. The number of carbonyl (C=O) groups excluding carboxylic acids is 1. The van der Waals surface area contributed by atoms with Crippen LogP contribution in [0.3, 0.4) is 0 Å². The van der Waals surface area contributed by atoms with Crippen LogP contribution in [0.15, 0.2) is 42.5 Å². The van der Waals surface area contributed by atoms with E-state index < -0.39 is 5.91 Å². The van der Waals surface area contributed by atoms with Crippen LogP contribution in [0.2, 0.25) is 5.02 Å². The van der Waals surface area contributed by atoms with Gasteiger partial charge in [-0.15, -0.1) is 0 Å². The zero-order valence-electron chi connectivity index (χ0n) is 13.0. The Morgan fingerprint density at radius 2 is 1.96 bits per heavy atom. The summed E-state index contributed by atoms with van der Waals surface area (Å²) < 4.78 is 11.3. The van der Waals surface area contributed by atoms with E-state index in [1.807, 2.05) is 25.1 Å². The lowest BCUT2D eigenvalue weighted by atomic mass is 10.2. The summed E-state index contributed by atoms with van der Waals surface area (Å²) in [4.78, 5) is 12.0. The molecule has 0 aromatic heterocycles. The number of hydrogen-bond donors (Lipinski definition) is 2. The highest BCUT2D eigenvalue weighted by molar-refractivity contribution is 7.80. The molecule has 7 heteroatoms. The predicted octanol–water partition coefficient (Wildman–Crippen LogP) is 3.29. The number of hydrogen-bond acceptors (Lipinski definition) is 4. The Kier molecular flexibility index (Phi) is 6.40. The van der Waals surface area contributed by atoms with Crippen molar-refractivity contribution in [2.75, 3.05) is 6.61 Å². The molecule has 0 spiro atoms. The van der Waals surface area contributed by atoms with Crippen molar-refractivity contribution in [3.63, 3.8) is 0 Å². The third kappa shape index (κ3) is 4.84. The maximum atomic E-state index is 12.0. The van der Waals surface area contributed by atoms with Crippen molar-refractivity contribution in [3.8, 4) is 11.5 Å². The van der Waals surface area contributed by atoms with E-state index >= 15 is 0 Å². The lowest BCUT2D eigenvalue weighted by Gasteiger charge is -2.14. The van der Waals surface area contributed by atoms with Crippen molar-refractivity contribution >= 4 is 34.8 Å². The Hall–Kier alpha value is -2.31. The molecule has 3 N–H and O–H groups in total. The number of rotatable bonds is 6. The molecule has 0 unspecified atom stereocenters. The van der Waals surface area contributed by atoms with E-state index in [-0.39, 0.29) is 11.7 Å². The van der Waals surface area contributed by atoms with Crippen LogP contribution in [0.5, 0.6) is 11.5 Å². The van der Waals surface area contributed by atoms with Crippen molar-refractivity contribution in [2.45, 2.75) is 13.5 Å². The molecule has 126 valence electrons. The number of ether oxygens (including phenoxy) is 2. The summed E-state index contributed by atoms with van der Waals surface area (Å²) in [6.07, 6.45) is 0. The topological polar surface area (TPSA) is 73.6 Å². The highest BCUT2D eigenvalue weighted by Crippen LogP contribution is 2.30. The number of halogens is 1. The lowest BCUT2D eigenvalue weighted by Crippen LogP contribution is -2.34. The van der Waals surface area contributed by atoms with Gasteiger partial charge in [0.2, 0.25) is 0 Å². The third-order valence-electron chi connectivity index (χ3n) is 3.08. The Balaban J connectivity index is 2.18. The monoisotopic (exact) mass is 364 g/mol. The van der Waals surface area contributed by atoms with Gasteiger partial charge in [0.05, 0.1) is 6.61 Å². The second kappa shape index (κ2) is 8.52. The van der Waals surface area contributed by atoms with Gasteiger partial charge in [-0.25, -0.2) is 0 Å². The van der Waals surface area contributed by atoms with Gasteiger partial charge in [0.1, 0.15) is 6.61 Å². The van der Waals surface area contributed by atoms with E-state index in [0.717, 1.165) is 5.56 Å². The molecule has 2 aromatic carbocycles. The number of amides is 1. The molecule has 0 atom stereocenters. The predicted molar refractivity (Wildman–Crippen MR) is 97.6 cm³/mol. The van der Waals surface area contributed by atoms with Crippen LogP contribution in [0.4, 0.5) is 0 Å². The number of thiocarbonyl (C=S) groups is 1. The Labute approximate surface area is 150 Å². The number of benzene rings is 2. The number of nitrogens with one attached hydrogen (secondary N) is 1. The molecule has 0 aliphatic carbocycles. The fourth-order valence-corrected chi connectivity index (χ4v) is 2.27. The van der Waals surface area contributed by atoms with Gasteiger partial charge in [0.15, 0.2) is 16.6 Å². The zero-order valence-corrected chi connectivity index (χ0v) is 14.6. The summed E-state index contributed by atoms with van der Waals surface area (Å²) in [6, 6.07) is 12.3. The highest BCUT2D eigenvalue weighted by atomic mass is 35.5. The van der Waals surface area contributed by atoms with Gasteiger partial charge in [-0.1, -0.05) is 29.8 Å². The normalized spacial score (nSPS) is 10.1. The van der Waals surface area contributed by atoms with Crippen molar-refractivity contribution in [1.29, 1.82) is 0 Å². The van der Waals surface area contributed by atoms with E-state index in [9.17, 15) is 4.79 Å². The largest absolute Gasteiger partial charge is 0.490 e. The molecular weight excluding hydrogens is 348 g/mol. The zero-order chi connectivity index (χ0) is 17.5. The van der Waals surface area contributed by atoms with Crippen molar-refractivity contribution in [2.24, 2.45) is 5.73 Å². The van der Waals surface area contributed by atoms with Gasteiger partial charge in [-0.3, -0.25) is 10.1 Å². The van der Waals surface area contributed by atoms with Gasteiger partial charge in [0.25, 0.3) is 5.91 Å². The third-order valence-corrected chi connectivity index (χ3v) is 3.55. The van der Waals surface area contributed by atoms with Crippen LogP contribution < -0.4 is 20.5 Å². The van der Waals surface area contributed by atoms with Crippen molar-refractivity contribution in [1.82, 2.24) is 5.32 Å². The number of carbonyl (C=O) groups is 1. The smallest absolute Gasteiger partial charge is 0.257 e. The average molecular weight is 365 g/mol. The molecule has 2 aromatic rings. The summed E-state index contributed by atoms with van der Waals surface area (Å²) in [5.41, 5.74) is 6.54. The van der Waals surface area contributed by atoms with E-state index in [2.05, 4.69) is 17.5 Å². The molecule has 0 saturated heterocycles. The first-order chi connectivity index (χ1) is 11.5. The van der Waals surface area contributed by atoms with Crippen LogP contribution in [-0.4, -0.2) is 17.6 Å². The quantitative estimate of drug-likeness (QED) is 0.769. The average Bonchev–Trinajstić information content (AvgIpc) is 2.54. The highest BCUT2D eigenvalue weighted by Gasteiger charge is 2.12. The summed E-state index contributed by atoms with van der Waals surface area (Å²) >= 11 is 10.8. The molecule has 0 aliphatic rings. The maximum absolute atomic E-state index is 12.0. The van der Waals surface area contributed by atoms with E-state index in [0.29, 0.717) is 28.7 Å². The fourth-order valence-electron chi connectivity index (χ4n) is 1.99. The molecule has 0 bridgehead atoms. The summed E-state index contributed by atoms with van der Waals surface area (Å²) in [5.74, 6) is 0.574. The van der Waals surface area contributed by atoms with Gasteiger partial charge in [-0.05, 0) is 43.4 Å². The SMILES string of the molecule is CCOc1cc(C(=O)NC(N)=S)ccc1OCc1ccccc1Cl. The van der Waals surface area contributed by atoms with Crippen molar-refractivity contribution in [3.05, 3.63) is 58.6 Å². The van der Waals surface area contributed by atoms with E-state index in [1.165, 1.54) is 0 Å². The van der Waals surface area contributed by atoms with Crippen LogP contribution in [0.25, 0.3) is 0 Å². The maximum Gasteiger partial charge on any atom is 0.257 e. The minimum Gasteiger partial charge on any atom is -0.490 e. The Morgan fingerprint density at radius 3 is 2.62 bits per heavy atom. The van der Waals surface area contributed by atoms with Crippen LogP contribution in [0, 0.1) is 0 Å². The molecule has 5 nitrogen and oxygen atoms in total. The first kappa shape index (κ1) is 18.0. The van der Waals surface area contributed by atoms with E-state index in [4.69, 9.17) is 26.8 Å². The molecule has 2 rings (SSSR count). The lowest BCUT2D eigenvalue weighted by molar-refractivity contribution is 0.0977. The van der Waals surface area contributed by atoms with Crippen LogP contribution in [-0.2, 0) is 6.61 Å². The van der Waals surface area contributed by atoms with Gasteiger partial charge >= 0.3 is 0 Å². The van der Waals surface area contributed by atoms with E-state index in [1.54, 1.807) is 24.3 Å². The molecular formula is C17H17ClN2O3S. The second-order valence-electron chi connectivity index (χ2n) is 4.79. The van der Waals surface area contributed by atoms with Gasteiger partial charge < -0.3 is 15.2 Å². The molecule has 0 aliphatic heterocycles. The first-order valence-corrected chi connectivity index (χ1v) is 8.03. The fraction of sp³-hybridized carbons (Fsp3) is 0.176. The standard InChI is InChI=1S/C17H17ClN2O3S/c1-2-22-15-9-11(16(21)20-17(19)24)7-8-14(15)23-10-12-5-3-4-6-13(12)18/h3-9H,2,10H2,1H3,(H3,19,20,21,24). The second-order valence-corrected chi connectivity index (χ2v) is 5.64. The molecule has 1 amide bonds. The van der Waals surface area contributed by atoms with Gasteiger partial charge in [0, 0.05) is 16.1 Å². The minimum atomic E-state index is -0.402. The molecule has 0 radical (unpaired) electrons. The van der Waals surface area contributed by atoms with Gasteiger partial charge in [-0.2, -0.15) is 0 Å².